The normalized spacial score (nSPS) is 11.1. The third-order valence-corrected chi connectivity index (χ3v) is 6.56. The number of thiazole rings is 1. The minimum absolute atomic E-state index is 0.0135. The molecule has 0 aliphatic heterocycles. The second-order valence-corrected chi connectivity index (χ2v) is 8.69. The molecule has 158 valence electrons. The number of hydrogen-bond donors (Lipinski definition) is 2. The Hall–Kier alpha value is -3.18. The summed E-state index contributed by atoms with van der Waals surface area (Å²) in [5, 5.41) is 2.73. The van der Waals surface area contributed by atoms with Crippen molar-refractivity contribution >= 4 is 38.1 Å². The number of anilines is 2. The maximum absolute atomic E-state index is 13.0. The van der Waals surface area contributed by atoms with Crippen LogP contribution < -0.4 is 19.5 Å². The van der Waals surface area contributed by atoms with E-state index in [1.54, 1.807) is 25.1 Å². The Morgan fingerprint density at radius 3 is 2.43 bits per heavy atom. The smallest absolute Gasteiger partial charge is 0.267 e. The van der Waals surface area contributed by atoms with Crippen LogP contribution in [0.5, 0.6) is 11.5 Å². The van der Waals surface area contributed by atoms with Crippen LogP contribution in [0.4, 0.5) is 15.2 Å². The summed E-state index contributed by atoms with van der Waals surface area (Å²) < 4.78 is 50.6. The summed E-state index contributed by atoms with van der Waals surface area (Å²) in [7, 11) is -1.00. The molecule has 3 aromatic rings. The van der Waals surface area contributed by atoms with Crippen LogP contribution >= 0.6 is 11.3 Å². The van der Waals surface area contributed by atoms with E-state index >= 15 is 0 Å². The molecule has 0 atom stereocenters. The van der Waals surface area contributed by atoms with Crippen molar-refractivity contribution < 1.29 is 27.1 Å². The highest BCUT2D eigenvalue weighted by atomic mass is 32.2. The number of sulfonamides is 1. The second-order valence-electron chi connectivity index (χ2n) is 6.01. The Morgan fingerprint density at radius 1 is 1.10 bits per heavy atom. The van der Waals surface area contributed by atoms with Gasteiger partial charge in [0.25, 0.3) is 15.9 Å². The van der Waals surface area contributed by atoms with E-state index in [-0.39, 0.29) is 14.9 Å². The number of aromatic nitrogens is 1. The number of halogens is 1. The fourth-order valence-electron chi connectivity index (χ4n) is 2.53. The van der Waals surface area contributed by atoms with Crippen LogP contribution in [0.25, 0.3) is 0 Å². The third kappa shape index (κ3) is 4.69. The highest BCUT2D eigenvalue weighted by molar-refractivity contribution is 7.93. The molecule has 0 aliphatic carbocycles. The van der Waals surface area contributed by atoms with Gasteiger partial charge in [-0.2, -0.15) is 0 Å². The number of rotatable bonds is 7. The molecule has 0 spiro atoms. The van der Waals surface area contributed by atoms with Crippen molar-refractivity contribution in [1.82, 2.24) is 4.98 Å². The van der Waals surface area contributed by atoms with Crippen LogP contribution in [0.3, 0.4) is 0 Å². The van der Waals surface area contributed by atoms with Crippen LogP contribution in [-0.4, -0.2) is 33.5 Å². The highest BCUT2D eigenvalue weighted by Crippen LogP contribution is 2.31. The molecule has 1 amide bonds. The number of nitrogens with zero attached hydrogens (tertiary/aromatic N) is 1. The number of methoxy groups -OCH3 is 2. The molecule has 2 N–H and O–H groups in total. The number of carbonyl (C=O) groups excluding carboxylic acids is 1. The minimum Gasteiger partial charge on any atom is -0.497 e. The van der Waals surface area contributed by atoms with Gasteiger partial charge in [-0.3, -0.25) is 9.52 Å². The highest BCUT2D eigenvalue weighted by Gasteiger charge is 2.21. The van der Waals surface area contributed by atoms with Crippen molar-refractivity contribution in [2.75, 3.05) is 24.3 Å². The average molecular weight is 452 g/mol. The van der Waals surface area contributed by atoms with Gasteiger partial charge in [-0.15, -0.1) is 0 Å². The predicted octanol–water partition coefficient (Wildman–Crippen LogP) is 3.66. The molecular weight excluding hydrogens is 433 g/mol. The van der Waals surface area contributed by atoms with Crippen molar-refractivity contribution in [1.29, 1.82) is 0 Å². The summed E-state index contributed by atoms with van der Waals surface area (Å²) in [5.41, 5.74) is 0.735. The molecule has 0 aliphatic rings. The molecule has 3 rings (SSSR count). The molecular formula is C19H18FN3O5S2. The van der Waals surface area contributed by atoms with Gasteiger partial charge in [0, 0.05) is 6.07 Å². The van der Waals surface area contributed by atoms with Crippen molar-refractivity contribution in [2.45, 2.75) is 11.8 Å². The lowest BCUT2D eigenvalue weighted by Gasteiger charge is -2.11. The maximum atomic E-state index is 13.0. The van der Waals surface area contributed by atoms with Gasteiger partial charge in [0.2, 0.25) is 0 Å². The molecule has 8 nitrogen and oxygen atoms in total. The molecule has 0 saturated carbocycles. The van der Waals surface area contributed by atoms with Gasteiger partial charge < -0.3 is 14.8 Å². The Labute approximate surface area is 176 Å². The van der Waals surface area contributed by atoms with Gasteiger partial charge in [-0.05, 0) is 43.3 Å². The van der Waals surface area contributed by atoms with Gasteiger partial charge in [-0.1, -0.05) is 11.3 Å². The van der Waals surface area contributed by atoms with E-state index in [0.29, 0.717) is 22.9 Å². The number of hydrogen-bond acceptors (Lipinski definition) is 7. The number of carbonyl (C=O) groups is 1. The third-order valence-electron chi connectivity index (χ3n) is 4.00. The Balaban J connectivity index is 1.82. The van der Waals surface area contributed by atoms with E-state index in [4.69, 9.17) is 9.47 Å². The van der Waals surface area contributed by atoms with E-state index in [1.807, 2.05) is 0 Å². The molecule has 1 aromatic heterocycles. The molecule has 11 heteroatoms. The summed E-state index contributed by atoms with van der Waals surface area (Å²) in [5.74, 6) is -0.0711. The molecule has 2 aromatic carbocycles. The standard InChI is InChI=1S/C19H18FN3O5S2/c1-11-17(18(24)22-15-10-13(27-2)6-9-16(15)28-3)29-19(21-11)23-30(25,26)14-7-4-12(20)5-8-14/h4-10H,1-3H3,(H,21,23)(H,22,24). The first-order valence-electron chi connectivity index (χ1n) is 8.52. The van der Waals surface area contributed by atoms with E-state index in [9.17, 15) is 17.6 Å². The molecule has 30 heavy (non-hydrogen) atoms. The molecule has 1 heterocycles. The minimum atomic E-state index is -3.97. The summed E-state index contributed by atoms with van der Waals surface area (Å²) in [4.78, 5) is 16.9. The van der Waals surface area contributed by atoms with Gasteiger partial charge in [0.15, 0.2) is 5.13 Å². The fourth-order valence-corrected chi connectivity index (χ4v) is 4.63. The quantitative estimate of drug-likeness (QED) is 0.568. The SMILES string of the molecule is COc1ccc(OC)c(NC(=O)c2sc(NS(=O)(=O)c3ccc(F)cc3)nc2C)c1. The number of amides is 1. The largest absolute Gasteiger partial charge is 0.497 e. The fraction of sp³-hybridized carbons (Fsp3) is 0.158. The number of benzene rings is 2. The van der Waals surface area contributed by atoms with Gasteiger partial charge in [0.05, 0.1) is 30.5 Å². The number of aryl methyl sites for hydroxylation is 1. The Kier molecular flexibility index (Phi) is 6.22. The van der Waals surface area contributed by atoms with E-state index in [2.05, 4.69) is 15.0 Å². The average Bonchev–Trinajstić information content (AvgIpc) is 3.07. The van der Waals surface area contributed by atoms with Crippen LogP contribution in [0.1, 0.15) is 15.4 Å². The Bertz CT molecular complexity index is 1180. The summed E-state index contributed by atoms with van der Waals surface area (Å²) in [6.07, 6.45) is 0. The van der Waals surface area contributed by atoms with Crippen LogP contribution in [0, 0.1) is 12.7 Å². The van der Waals surface area contributed by atoms with Crippen LogP contribution in [0.2, 0.25) is 0 Å². The Morgan fingerprint density at radius 2 is 1.80 bits per heavy atom. The van der Waals surface area contributed by atoms with Crippen molar-refractivity contribution in [3.8, 4) is 11.5 Å². The molecule has 0 bridgehead atoms. The monoisotopic (exact) mass is 451 g/mol. The van der Waals surface area contributed by atoms with Gasteiger partial charge in [0.1, 0.15) is 22.2 Å². The van der Waals surface area contributed by atoms with Crippen LogP contribution in [-0.2, 0) is 10.0 Å². The van der Waals surface area contributed by atoms with Gasteiger partial charge in [-0.25, -0.2) is 17.8 Å². The molecule has 0 radical (unpaired) electrons. The first kappa shape index (κ1) is 21.5. The van der Waals surface area contributed by atoms with E-state index in [1.165, 1.54) is 14.2 Å². The summed E-state index contributed by atoms with van der Waals surface area (Å²) in [6, 6.07) is 9.31. The molecule has 0 fully saturated rings. The first-order chi connectivity index (χ1) is 14.2. The van der Waals surface area contributed by atoms with Crippen LogP contribution in [0.15, 0.2) is 47.4 Å². The zero-order valence-electron chi connectivity index (χ0n) is 16.2. The molecule has 0 unspecified atom stereocenters. The topological polar surface area (TPSA) is 107 Å². The molecule has 0 saturated heterocycles. The number of ether oxygens (including phenoxy) is 2. The lowest BCUT2D eigenvalue weighted by molar-refractivity contribution is 0.102. The zero-order chi connectivity index (χ0) is 21.9. The second kappa shape index (κ2) is 8.67. The maximum Gasteiger partial charge on any atom is 0.267 e. The van der Waals surface area contributed by atoms with Gasteiger partial charge >= 0.3 is 0 Å². The summed E-state index contributed by atoms with van der Waals surface area (Å²) in [6.45, 7) is 1.59. The summed E-state index contributed by atoms with van der Waals surface area (Å²) >= 11 is 0.875. The zero-order valence-corrected chi connectivity index (χ0v) is 17.9. The lowest BCUT2D eigenvalue weighted by Crippen LogP contribution is -2.12. The van der Waals surface area contributed by atoms with Crippen molar-refractivity contribution in [2.24, 2.45) is 0 Å². The number of nitrogens with one attached hydrogen (secondary N) is 2. The van der Waals surface area contributed by atoms with Crippen molar-refractivity contribution in [3.05, 3.63) is 58.9 Å². The van der Waals surface area contributed by atoms with E-state index in [0.717, 1.165) is 35.6 Å². The predicted molar refractivity (Wildman–Crippen MR) is 112 cm³/mol. The first-order valence-corrected chi connectivity index (χ1v) is 10.8. The van der Waals surface area contributed by atoms with Crippen molar-refractivity contribution in [3.63, 3.8) is 0 Å². The van der Waals surface area contributed by atoms with E-state index < -0.39 is 21.7 Å². The lowest BCUT2D eigenvalue weighted by atomic mass is 10.2.